The molecule has 0 radical (unpaired) electrons. The predicted molar refractivity (Wildman–Crippen MR) is 40.7 cm³/mol. The van der Waals surface area contributed by atoms with E-state index in [0.717, 1.165) is 0 Å². The Bertz CT molecular complexity index is 114. The smallest absolute Gasteiger partial charge is 0.310 e. The number of aliphatic hydroxyl groups is 1. The number of aliphatic hydroxyl groups excluding tert-OH is 1. The SMILES string of the molecule is CC(C)C(=O)OC(O)CBr. The van der Waals surface area contributed by atoms with E-state index in [1.54, 1.807) is 13.8 Å². The van der Waals surface area contributed by atoms with Gasteiger partial charge in [0.15, 0.2) is 0 Å². The predicted octanol–water partition coefficient (Wildman–Crippen LogP) is 0.899. The lowest BCUT2D eigenvalue weighted by atomic mass is 10.2. The molecule has 0 aliphatic carbocycles. The van der Waals surface area contributed by atoms with E-state index in [-0.39, 0.29) is 17.2 Å². The van der Waals surface area contributed by atoms with Crippen LogP contribution < -0.4 is 0 Å². The van der Waals surface area contributed by atoms with Gasteiger partial charge in [0.2, 0.25) is 6.29 Å². The molecule has 3 nitrogen and oxygen atoms in total. The molecule has 0 saturated carbocycles. The number of hydrogen-bond acceptors (Lipinski definition) is 3. The number of esters is 1. The first kappa shape index (κ1) is 9.91. The minimum Gasteiger partial charge on any atom is -0.435 e. The Hall–Kier alpha value is -0.0900. The van der Waals surface area contributed by atoms with Gasteiger partial charge in [-0.05, 0) is 0 Å². The maximum Gasteiger partial charge on any atom is 0.310 e. The molecule has 0 rings (SSSR count). The normalized spacial score (nSPS) is 13.3. The molecule has 0 aromatic heterocycles. The summed E-state index contributed by atoms with van der Waals surface area (Å²) in [5.74, 6) is -0.569. The van der Waals surface area contributed by atoms with Crippen LogP contribution in [0.4, 0.5) is 0 Å². The van der Waals surface area contributed by atoms with Gasteiger partial charge >= 0.3 is 5.97 Å². The first-order valence-corrected chi connectivity index (χ1v) is 4.14. The summed E-state index contributed by atoms with van der Waals surface area (Å²) in [6, 6.07) is 0. The largest absolute Gasteiger partial charge is 0.435 e. The molecule has 0 spiro atoms. The van der Waals surface area contributed by atoms with E-state index in [1.807, 2.05) is 0 Å². The third-order valence-electron chi connectivity index (χ3n) is 0.856. The Morgan fingerprint density at radius 1 is 1.70 bits per heavy atom. The Morgan fingerprint density at radius 3 is 2.50 bits per heavy atom. The van der Waals surface area contributed by atoms with Crippen molar-refractivity contribution in [3.05, 3.63) is 0 Å². The number of halogens is 1. The molecule has 0 aliphatic heterocycles. The topological polar surface area (TPSA) is 46.5 Å². The zero-order valence-electron chi connectivity index (χ0n) is 6.00. The van der Waals surface area contributed by atoms with Gasteiger partial charge in [0.1, 0.15) is 0 Å². The van der Waals surface area contributed by atoms with E-state index in [0.29, 0.717) is 0 Å². The van der Waals surface area contributed by atoms with Gasteiger partial charge in [0, 0.05) is 0 Å². The summed E-state index contributed by atoms with van der Waals surface area (Å²) < 4.78 is 4.53. The molecule has 1 unspecified atom stereocenters. The first-order chi connectivity index (χ1) is 4.57. The fourth-order valence-corrected chi connectivity index (χ4v) is 0.434. The van der Waals surface area contributed by atoms with Crippen molar-refractivity contribution in [2.24, 2.45) is 5.92 Å². The van der Waals surface area contributed by atoms with Crippen molar-refractivity contribution < 1.29 is 14.6 Å². The van der Waals surface area contributed by atoms with Gasteiger partial charge in [0.05, 0.1) is 11.2 Å². The summed E-state index contributed by atoms with van der Waals surface area (Å²) in [4.78, 5) is 10.7. The van der Waals surface area contributed by atoms with Crippen LogP contribution in [-0.4, -0.2) is 22.7 Å². The Labute approximate surface area is 68.5 Å². The summed E-state index contributed by atoms with van der Waals surface area (Å²) in [5, 5.41) is 9.04. The van der Waals surface area contributed by atoms with Crippen LogP contribution in [0.2, 0.25) is 0 Å². The van der Waals surface area contributed by atoms with Gasteiger partial charge in [-0.3, -0.25) is 4.79 Å². The van der Waals surface area contributed by atoms with Crippen LogP contribution in [0.25, 0.3) is 0 Å². The van der Waals surface area contributed by atoms with Crippen LogP contribution >= 0.6 is 15.9 Å². The second-order valence-corrected chi connectivity index (χ2v) is 2.85. The maximum atomic E-state index is 10.7. The molecule has 0 aromatic rings. The number of alkyl halides is 1. The van der Waals surface area contributed by atoms with Crippen molar-refractivity contribution in [2.75, 3.05) is 5.33 Å². The molecular weight excluding hydrogens is 200 g/mol. The van der Waals surface area contributed by atoms with E-state index in [1.165, 1.54) is 0 Å². The van der Waals surface area contributed by atoms with Gasteiger partial charge in [-0.1, -0.05) is 29.8 Å². The van der Waals surface area contributed by atoms with Crippen LogP contribution in [0.15, 0.2) is 0 Å². The van der Waals surface area contributed by atoms with Crippen molar-refractivity contribution in [2.45, 2.75) is 20.1 Å². The highest BCUT2D eigenvalue weighted by atomic mass is 79.9. The molecule has 0 heterocycles. The van der Waals surface area contributed by atoms with Crippen molar-refractivity contribution in [3.63, 3.8) is 0 Å². The molecule has 1 atom stereocenters. The van der Waals surface area contributed by atoms with Crippen LogP contribution in [0.3, 0.4) is 0 Å². The molecule has 0 bridgehead atoms. The van der Waals surface area contributed by atoms with Crippen LogP contribution in [0.5, 0.6) is 0 Å². The van der Waals surface area contributed by atoms with Crippen molar-refractivity contribution in [1.82, 2.24) is 0 Å². The third-order valence-corrected chi connectivity index (χ3v) is 1.41. The molecule has 0 aliphatic rings. The van der Waals surface area contributed by atoms with E-state index in [2.05, 4.69) is 20.7 Å². The molecule has 0 fully saturated rings. The average molecular weight is 211 g/mol. The zero-order valence-corrected chi connectivity index (χ0v) is 7.59. The second kappa shape index (κ2) is 4.68. The van der Waals surface area contributed by atoms with E-state index in [4.69, 9.17) is 5.11 Å². The summed E-state index contributed by atoms with van der Waals surface area (Å²) in [6.07, 6.45) is -1.02. The van der Waals surface area contributed by atoms with Gasteiger partial charge in [-0.25, -0.2) is 0 Å². The molecular formula is C6H11BrO3. The van der Waals surface area contributed by atoms with E-state index < -0.39 is 6.29 Å². The lowest BCUT2D eigenvalue weighted by molar-refractivity contribution is -0.167. The Kier molecular flexibility index (Phi) is 4.64. The zero-order chi connectivity index (χ0) is 8.15. The standard InChI is InChI=1S/C6H11BrO3/c1-4(2)6(9)10-5(8)3-7/h4-5,8H,3H2,1-2H3. The first-order valence-electron chi connectivity index (χ1n) is 3.02. The molecule has 60 valence electrons. The summed E-state index contributed by atoms with van der Waals surface area (Å²) in [5.41, 5.74) is 0. The summed E-state index contributed by atoms with van der Waals surface area (Å²) in [7, 11) is 0. The lowest BCUT2D eigenvalue weighted by Gasteiger charge is -2.10. The second-order valence-electron chi connectivity index (χ2n) is 2.20. The Morgan fingerprint density at radius 2 is 2.20 bits per heavy atom. The highest BCUT2D eigenvalue weighted by Gasteiger charge is 2.12. The number of hydrogen-bond donors (Lipinski definition) is 1. The molecule has 10 heavy (non-hydrogen) atoms. The van der Waals surface area contributed by atoms with Crippen molar-refractivity contribution in [1.29, 1.82) is 0 Å². The molecule has 0 aromatic carbocycles. The molecule has 4 heteroatoms. The highest BCUT2D eigenvalue weighted by Crippen LogP contribution is 2.00. The van der Waals surface area contributed by atoms with Gasteiger partial charge in [-0.15, -0.1) is 0 Å². The van der Waals surface area contributed by atoms with Crippen LogP contribution in [0.1, 0.15) is 13.8 Å². The fourth-order valence-electron chi connectivity index (χ4n) is 0.302. The quantitative estimate of drug-likeness (QED) is 0.428. The van der Waals surface area contributed by atoms with Gasteiger partial charge in [0.25, 0.3) is 0 Å². The number of carbonyl (C=O) groups is 1. The fraction of sp³-hybridized carbons (Fsp3) is 0.833. The van der Waals surface area contributed by atoms with Crippen LogP contribution in [-0.2, 0) is 9.53 Å². The minimum absolute atomic E-state index is 0.186. The number of ether oxygens (including phenoxy) is 1. The lowest BCUT2D eigenvalue weighted by Crippen LogP contribution is -2.22. The summed E-state index contributed by atoms with van der Waals surface area (Å²) in [6.45, 7) is 3.42. The van der Waals surface area contributed by atoms with Crippen molar-refractivity contribution in [3.8, 4) is 0 Å². The van der Waals surface area contributed by atoms with E-state index in [9.17, 15) is 4.79 Å². The minimum atomic E-state index is -1.02. The molecule has 0 saturated heterocycles. The van der Waals surface area contributed by atoms with Crippen LogP contribution in [0, 0.1) is 5.92 Å². The average Bonchev–Trinajstić information content (AvgIpc) is 1.87. The summed E-state index contributed by atoms with van der Waals surface area (Å²) >= 11 is 2.97. The number of carbonyl (C=O) groups excluding carboxylic acids is 1. The van der Waals surface area contributed by atoms with Gasteiger partial charge in [-0.2, -0.15) is 0 Å². The van der Waals surface area contributed by atoms with Gasteiger partial charge < -0.3 is 9.84 Å². The van der Waals surface area contributed by atoms with E-state index >= 15 is 0 Å². The third kappa shape index (κ3) is 3.85. The molecule has 1 N–H and O–H groups in total. The molecule has 0 amide bonds. The monoisotopic (exact) mass is 210 g/mol. The van der Waals surface area contributed by atoms with Crippen molar-refractivity contribution >= 4 is 21.9 Å². The number of rotatable bonds is 3. The highest BCUT2D eigenvalue weighted by molar-refractivity contribution is 9.09. The maximum absolute atomic E-state index is 10.7. The Balaban J connectivity index is 3.57.